The first kappa shape index (κ1) is 19.9. The molecule has 1 saturated carbocycles. The lowest BCUT2D eigenvalue weighted by molar-refractivity contribution is -0.155. The number of rotatable bonds is 5. The predicted molar refractivity (Wildman–Crippen MR) is 99.2 cm³/mol. The molecule has 2 aliphatic rings. The molecule has 12 heteroatoms. The molecule has 1 aliphatic heterocycles. The SMILES string of the molecule is C[C@]1(CC(F)(F)F)NC(=O)c2ccc(Nc3cc(NC(=O)C4CC4)ncn3)c(=O)n21. The number of carbonyl (C=O) groups is 2. The monoisotopic (exact) mass is 422 g/mol. The molecular weight excluding hydrogens is 405 g/mol. The second-order valence-electron chi connectivity index (χ2n) is 7.47. The molecule has 0 radical (unpaired) electrons. The van der Waals surface area contributed by atoms with Crippen LogP contribution in [0.15, 0.2) is 29.3 Å². The second kappa shape index (κ2) is 6.82. The fraction of sp³-hybridized carbons (Fsp3) is 0.389. The van der Waals surface area contributed by atoms with Crippen molar-refractivity contribution in [2.45, 2.75) is 38.0 Å². The van der Waals surface area contributed by atoms with Crippen LogP contribution >= 0.6 is 0 Å². The summed E-state index contributed by atoms with van der Waals surface area (Å²) in [5.74, 6) is -0.579. The maximum Gasteiger partial charge on any atom is 0.393 e. The molecule has 158 valence electrons. The lowest BCUT2D eigenvalue weighted by atomic mass is 10.1. The Hall–Kier alpha value is -3.44. The Balaban J connectivity index is 1.63. The predicted octanol–water partition coefficient (Wildman–Crippen LogP) is 2.10. The van der Waals surface area contributed by atoms with Gasteiger partial charge in [0.05, 0.1) is 6.42 Å². The van der Waals surface area contributed by atoms with Gasteiger partial charge in [-0.25, -0.2) is 9.97 Å². The Morgan fingerprint density at radius 3 is 2.63 bits per heavy atom. The number of hydrogen-bond acceptors (Lipinski definition) is 6. The summed E-state index contributed by atoms with van der Waals surface area (Å²) in [6, 6.07) is 3.95. The van der Waals surface area contributed by atoms with Crippen molar-refractivity contribution in [3.8, 4) is 0 Å². The van der Waals surface area contributed by atoms with Crippen LogP contribution in [0.5, 0.6) is 0 Å². The molecular formula is C18H17F3N6O3. The first-order chi connectivity index (χ1) is 14.1. The summed E-state index contributed by atoms with van der Waals surface area (Å²) < 4.78 is 39.9. The molecule has 1 fully saturated rings. The van der Waals surface area contributed by atoms with Crippen molar-refractivity contribution in [1.29, 1.82) is 0 Å². The minimum Gasteiger partial charge on any atom is -0.336 e. The van der Waals surface area contributed by atoms with Gasteiger partial charge in [-0.3, -0.25) is 19.0 Å². The topological polar surface area (TPSA) is 118 Å². The van der Waals surface area contributed by atoms with Crippen LogP contribution in [0.4, 0.5) is 30.5 Å². The molecule has 1 aliphatic carbocycles. The van der Waals surface area contributed by atoms with Crippen molar-refractivity contribution in [3.05, 3.63) is 40.6 Å². The van der Waals surface area contributed by atoms with Crippen molar-refractivity contribution in [2.75, 3.05) is 10.6 Å². The minimum absolute atomic E-state index is 0.0333. The van der Waals surface area contributed by atoms with Crippen molar-refractivity contribution in [2.24, 2.45) is 5.92 Å². The summed E-state index contributed by atoms with van der Waals surface area (Å²) in [6.45, 7) is 1.14. The highest BCUT2D eigenvalue weighted by molar-refractivity contribution is 5.95. The van der Waals surface area contributed by atoms with E-state index < -0.39 is 29.7 Å². The zero-order valence-electron chi connectivity index (χ0n) is 15.7. The van der Waals surface area contributed by atoms with Gasteiger partial charge in [0.2, 0.25) is 5.91 Å². The second-order valence-corrected chi connectivity index (χ2v) is 7.47. The quantitative estimate of drug-likeness (QED) is 0.679. The van der Waals surface area contributed by atoms with Crippen LogP contribution in [0.3, 0.4) is 0 Å². The molecule has 3 N–H and O–H groups in total. The molecule has 0 saturated heterocycles. The van der Waals surface area contributed by atoms with Gasteiger partial charge in [-0.2, -0.15) is 13.2 Å². The minimum atomic E-state index is -4.60. The third kappa shape index (κ3) is 3.84. The van der Waals surface area contributed by atoms with E-state index in [9.17, 15) is 27.6 Å². The molecule has 0 unspecified atom stereocenters. The van der Waals surface area contributed by atoms with Gasteiger partial charge in [0.1, 0.15) is 35.0 Å². The van der Waals surface area contributed by atoms with Crippen LogP contribution < -0.4 is 21.5 Å². The molecule has 4 rings (SSSR count). The van der Waals surface area contributed by atoms with E-state index in [-0.39, 0.29) is 34.8 Å². The molecule has 3 heterocycles. The van der Waals surface area contributed by atoms with E-state index in [1.807, 2.05) is 0 Å². The number of anilines is 3. The molecule has 2 aromatic heterocycles. The van der Waals surface area contributed by atoms with Gasteiger partial charge in [-0.05, 0) is 31.9 Å². The van der Waals surface area contributed by atoms with Crippen molar-refractivity contribution in [1.82, 2.24) is 19.9 Å². The number of nitrogens with zero attached hydrogens (tertiary/aromatic N) is 3. The summed E-state index contributed by atoms with van der Waals surface area (Å²) in [5, 5.41) is 7.59. The van der Waals surface area contributed by atoms with Crippen LogP contribution in [-0.2, 0) is 10.5 Å². The first-order valence-corrected chi connectivity index (χ1v) is 9.11. The van der Waals surface area contributed by atoms with Gasteiger partial charge in [0.15, 0.2) is 0 Å². The standard InChI is InChI=1S/C18H17F3N6O3/c1-17(7-18(19,20)21)26-15(29)11-5-4-10(16(30)27(11)17)24-12-6-13(23-8-22-12)25-14(28)9-2-3-9/h4-6,8-9H,2-3,7H2,1H3,(H,26,29)(H2,22,23,24,25,28)/t17-/m0/s1. The van der Waals surface area contributed by atoms with E-state index in [1.165, 1.54) is 24.5 Å². The Labute approximate surface area is 167 Å². The van der Waals surface area contributed by atoms with E-state index >= 15 is 0 Å². The highest BCUT2D eigenvalue weighted by Crippen LogP contribution is 2.34. The number of amides is 2. The van der Waals surface area contributed by atoms with Gasteiger partial charge in [-0.1, -0.05) is 0 Å². The summed E-state index contributed by atoms with van der Waals surface area (Å²) in [5.41, 5.74) is -3.02. The fourth-order valence-electron chi connectivity index (χ4n) is 3.38. The number of fused-ring (bicyclic) bond motifs is 1. The lowest BCUT2D eigenvalue weighted by Crippen LogP contribution is -2.47. The van der Waals surface area contributed by atoms with E-state index in [2.05, 4.69) is 25.9 Å². The van der Waals surface area contributed by atoms with E-state index in [1.54, 1.807) is 0 Å². The number of hydrogen-bond donors (Lipinski definition) is 3. The normalized spacial score (nSPS) is 20.5. The van der Waals surface area contributed by atoms with Crippen LogP contribution in [0, 0.1) is 5.92 Å². The smallest absolute Gasteiger partial charge is 0.336 e. The Morgan fingerprint density at radius 2 is 1.97 bits per heavy atom. The summed E-state index contributed by atoms with van der Waals surface area (Å²) in [7, 11) is 0. The third-order valence-corrected chi connectivity index (χ3v) is 4.87. The molecule has 0 bridgehead atoms. The van der Waals surface area contributed by atoms with Gasteiger partial charge in [0.25, 0.3) is 11.5 Å². The number of halogens is 3. The largest absolute Gasteiger partial charge is 0.393 e. The molecule has 2 aromatic rings. The Bertz CT molecular complexity index is 1100. The Morgan fingerprint density at radius 1 is 1.27 bits per heavy atom. The van der Waals surface area contributed by atoms with Crippen LogP contribution in [-0.4, -0.2) is 32.5 Å². The fourth-order valence-corrected chi connectivity index (χ4v) is 3.38. The third-order valence-electron chi connectivity index (χ3n) is 4.87. The summed E-state index contributed by atoms with van der Waals surface area (Å²) in [6.07, 6.45) is -3.20. The van der Waals surface area contributed by atoms with Gasteiger partial charge in [-0.15, -0.1) is 0 Å². The van der Waals surface area contributed by atoms with E-state index in [4.69, 9.17) is 0 Å². The molecule has 2 amide bonds. The zero-order chi connectivity index (χ0) is 21.7. The average Bonchev–Trinajstić information content (AvgIpc) is 3.43. The molecule has 9 nitrogen and oxygen atoms in total. The number of carbonyl (C=O) groups excluding carboxylic acids is 2. The average molecular weight is 422 g/mol. The van der Waals surface area contributed by atoms with Crippen LogP contribution in [0.1, 0.15) is 36.7 Å². The van der Waals surface area contributed by atoms with Gasteiger partial charge < -0.3 is 16.0 Å². The van der Waals surface area contributed by atoms with Crippen molar-refractivity contribution < 1.29 is 22.8 Å². The Kier molecular flexibility index (Phi) is 4.51. The number of pyridine rings is 1. The van der Waals surface area contributed by atoms with E-state index in [0.717, 1.165) is 24.3 Å². The maximum atomic E-state index is 13.0. The lowest BCUT2D eigenvalue weighted by Gasteiger charge is -2.28. The van der Waals surface area contributed by atoms with Crippen molar-refractivity contribution in [3.63, 3.8) is 0 Å². The van der Waals surface area contributed by atoms with Crippen LogP contribution in [0.2, 0.25) is 0 Å². The first-order valence-electron chi connectivity index (χ1n) is 9.11. The van der Waals surface area contributed by atoms with E-state index in [0.29, 0.717) is 0 Å². The maximum absolute atomic E-state index is 13.0. The van der Waals surface area contributed by atoms with Gasteiger partial charge >= 0.3 is 6.18 Å². The number of aromatic nitrogens is 3. The molecule has 30 heavy (non-hydrogen) atoms. The highest BCUT2D eigenvalue weighted by atomic mass is 19.4. The molecule has 0 aromatic carbocycles. The van der Waals surface area contributed by atoms with Crippen LogP contribution in [0.25, 0.3) is 0 Å². The number of alkyl halides is 3. The highest BCUT2D eigenvalue weighted by Gasteiger charge is 2.47. The molecule has 1 atom stereocenters. The number of nitrogens with one attached hydrogen (secondary N) is 3. The summed E-state index contributed by atoms with van der Waals surface area (Å²) >= 11 is 0. The zero-order valence-corrected chi connectivity index (χ0v) is 15.7. The summed E-state index contributed by atoms with van der Waals surface area (Å²) in [4.78, 5) is 44.7. The van der Waals surface area contributed by atoms with Gasteiger partial charge in [0, 0.05) is 12.0 Å². The van der Waals surface area contributed by atoms with Crippen molar-refractivity contribution >= 4 is 29.1 Å². The molecule has 0 spiro atoms.